The van der Waals surface area contributed by atoms with Crippen molar-refractivity contribution in [1.29, 1.82) is 0 Å². The molecule has 0 aliphatic rings. The van der Waals surface area contributed by atoms with Crippen molar-refractivity contribution in [3.63, 3.8) is 0 Å². The molecule has 0 aliphatic carbocycles. The van der Waals surface area contributed by atoms with Gasteiger partial charge in [0.05, 0.1) is 11.1 Å². The molecule has 0 N–H and O–H groups in total. The van der Waals surface area contributed by atoms with E-state index in [1.165, 1.54) is 0 Å². The third kappa shape index (κ3) is 3.24. The predicted molar refractivity (Wildman–Crippen MR) is 70.8 cm³/mol. The van der Waals surface area contributed by atoms with Gasteiger partial charge in [0.15, 0.2) is 5.78 Å². The first-order valence-electron chi connectivity index (χ1n) is 5.91. The van der Waals surface area contributed by atoms with Crippen LogP contribution in [0.1, 0.15) is 26.9 Å². The molecule has 0 bridgehead atoms. The number of carbonyl (C=O) groups excluding carboxylic acids is 1. The minimum absolute atomic E-state index is 0.390. The Kier molecular flexibility index (Phi) is 4.32. The summed E-state index contributed by atoms with van der Waals surface area (Å²) in [6.07, 6.45) is -4.87. The second-order valence-corrected chi connectivity index (χ2v) is 4.74. The normalized spacial score (nSPS) is 13.0. The largest absolute Gasteiger partial charge is 0.419 e. The van der Waals surface area contributed by atoms with Crippen LogP contribution in [-0.2, 0) is 6.18 Å². The number of Topliss-reactive ketones (excluding diaryl/α,β-unsaturated/α-hetero) is 1. The average molecular weight is 317 g/mol. The van der Waals surface area contributed by atoms with E-state index in [2.05, 4.69) is 0 Å². The zero-order valence-corrected chi connectivity index (χ0v) is 11.3. The van der Waals surface area contributed by atoms with Crippen molar-refractivity contribution in [1.82, 2.24) is 0 Å². The summed E-state index contributed by atoms with van der Waals surface area (Å²) in [5, 5.41) is -1.25. The zero-order chi connectivity index (χ0) is 15.6. The van der Waals surface area contributed by atoms with Crippen LogP contribution in [0.25, 0.3) is 0 Å². The lowest BCUT2D eigenvalue weighted by Crippen LogP contribution is -2.15. The maximum absolute atomic E-state index is 13.9. The number of carbonyl (C=O) groups is 1. The molecule has 0 fully saturated rings. The Labute approximate surface area is 123 Å². The Morgan fingerprint density at radius 1 is 1.00 bits per heavy atom. The predicted octanol–water partition coefficient (Wildman–Crippen LogP) is 5.01. The molecule has 0 amide bonds. The summed E-state index contributed by atoms with van der Waals surface area (Å²) >= 11 is 5.93. The van der Waals surface area contributed by atoms with Gasteiger partial charge in [0.1, 0.15) is 11.2 Å². The average Bonchev–Trinajstić information content (AvgIpc) is 2.45. The van der Waals surface area contributed by atoms with Gasteiger partial charge in [-0.1, -0.05) is 36.4 Å². The van der Waals surface area contributed by atoms with Crippen molar-refractivity contribution in [3.8, 4) is 0 Å². The molecule has 21 heavy (non-hydrogen) atoms. The van der Waals surface area contributed by atoms with Gasteiger partial charge in [0.2, 0.25) is 0 Å². The van der Waals surface area contributed by atoms with Crippen LogP contribution in [0.2, 0.25) is 0 Å². The van der Waals surface area contributed by atoms with Crippen molar-refractivity contribution >= 4 is 17.4 Å². The molecule has 2 aromatic carbocycles. The van der Waals surface area contributed by atoms with Crippen LogP contribution >= 0.6 is 11.6 Å². The van der Waals surface area contributed by atoms with E-state index in [1.54, 1.807) is 30.3 Å². The molecule has 1 nitrogen and oxygen atoms in total. The molecule has 2 rings (SSSR count). The van der Waals surface area contributed by atoms with Gasteiger partial charge in [0.25, 0.3) is 0 Å². The van der Waals surface area contributed by atoms with E-state index in [4.69, 9.17) is 11.6 Å². The Balaban J connectivity index is 2.41. The van der Waals surface area contributed by atoms with Crippen molar-refractivity contribution in [2.24, 2.45) is 0 Å². The lowest BCUT2D eigenvalue weighted by atomic mass is 10.00. The Morgan fingerprint density at radius 2 is 1.62 bits per heavy atom. The van der Waals surface area contributed by atoms with Crippen LogP contribution in [0.4, 0.5) is 17.6 Å². The van der Waals surface area contributed by atoms with Crippen LogP contribution in [0.5, 0.6) is 0 Å². The van der Waals surface area contributed by atoms with Gasteiger partial charge in [-0.3, -0.25) is 4.79 Å². The van der Waals surface area contributed by atoms with Crippen LogP contribution < -0.4 is 0 Å². The summed E-state index contributed by atoms with van der Waals surface area (Å²) in [7, 11) is 0. The first kappa shape index (κ1) is 15.5. The van der Waals surface area contributed by atoms with Crippen LogP contribution in [0, 0.1) is 5.82 Å². The fourth-order valence-corrected chi connectivity index (χ4v) is 2.11. The summed E-state index contributed by atoms with van der Waals surface area (Å²) in [5.74, 6) is -2.51. The number of halogens is 5. The second kappa shape index (κ2) is 5.85. The third-order valence-corrected chi connectivity index (χ3v) is 3.34. The molecule has 0 radical (unpaired) electrons. The molecule has 0 spiro atoms. The maximum Gasteiger partial charge on any atom is 0.419 e. The van der Waals surface area contributed by atoms with E-state index in [1.807, 2.05) is 0 Å². The third-order valence-electron chi connectivity index (χ3n) is 2.89. The van der Waals surface area contributed by atoms with Gasteiger partial charge in [-0.15, -0.1) is 11.6 Å². The molecule has 1 atom stereocenters. The lowest BCUT2D eigenvalue weighted by Gasteiger charge is -2.13. The Morgan fingerprint density at radius 3 is 2.19 bits per heavy atom. The molecule has 0 saturated carbocycles. The summed E-state index contributed by atoms with van der Waals surface area (Å²) in [4.78, 5) is 12.1. The molecule has 0 heterocycles. The van der Waals surface area contributed by atoms with E-state index < -0.39 is 34.3 Å². The lowest BCUT2D eigenvalue weighted by molar-refractivity contribution is -0.140. The van der Waals surface area contributed by atoms with E-state index in [-0.39, 0.29) is 0 Å². The van der Waals surface area contributed by atoms with E-state index in [0.717, 1.165) is 12.1 Å². The van der Waals surface area contributed by atoms with Crippen LogP contribution in [0.3, 0.4) is 0 Å². The van der Waals surface area contributed by atoms with Gasteiger partial charge in [-0.05, 0) is 17.7 Å². The highest BCUT2D eigenvalue weighted by atomic mass is 35.5. The van der Waals surface area contributed by atoms with Gasteiger partial charge >= 0.3 is 6.18 Å². The highest BCUT2D eigenvalue weighted by molar-refractivity contribution is 6.33. The quantitative estimate of drug-likeness (QED) is 0.442. The van der Waals surface area contributed by atoms with E-state index in [9.17, 15) is 22.4 Å². The molecule has 1 unspecified atom stereocenters. The van der Waals surface area contributed by atoms with Crippen LogP contribution in [0.15, 0.2) is 48.5 Å². The zero-order valence-electron chi connectivity index (χ0n) is 10.5. The highest BCUT2D eigenvalue weighted by Crippen LogP contribution is 2.34. The van der Waals surface area contributed by atoms with Gasteiger partial charge in [-0.2, -0.15) is 13.2 Å². The summed E-state index contributed by atoms with van der Waals surface area (Å²) in [5.41, 5.74) is -1.76. The summed E-state index contributed by atoms with van der Waals surface area (Å²) in [6, 6.07) is 10.6. The number of rotatable bonds is 3. The van der Waals surface area contributed by atoms with Gasteiger partial charge in [0, 0.05) is 0 Å². The number of alkyl halides is 4. The molecule has 110 valence electrons. The first-order valence-corrected chi connectivity index (χ1v) is 6.35. The van der Waals surface area contributed by atoms with Gasteiger partial charge in [-0.25, -0.2) is 4.39 Å². The topological polar surface area (TPSA) is 17.1 Å². The second-order valence-electron chi connectivity index (χ2n) is 4.30. The van der Waals surface area contributed by atoms with E-state index >= 15 is 0 Å². The van der Waals surface area contributed by atoms with Crippen LogP contribution in [-0.4, -0.2) is 5.78 Å². The smallest absolute Gasteiger partial charge is 0.292 e. The fraction of sp³-hybridized carbons (Fsp3) is 0.133. The molecular weight excluding hydrogens is 308 g/mol. The Bertz CT molecular complexity index is 652. The summed E-state index contributed by atoms with van der Waals surface area (Å²) in [6.45, 7) is 0. The molecular formula is C15H9ClF4O. The number of hydrogen-bond donors (Lipinski definition) is 0. The fourth-order valence-electron chi connectivity index (χ4n) is 1.85. The Hall–Kier alpha value is -1.88. The number of benzene rings is 2. The van der Waals surface area contributed by atoms with Crippen molar-refractivity contribution in [2.75, 3.05) is 0 Å². The standard InChI is InChI=1S/C15H9ClF4O/c16-12(9-5-2-1-3-6-9)14(21)10-7-4-8-11(13(10)17)15(18,19)20/h1-8,12H. The first-order chi connectivity index (χ1) is 9.82. The SMILES string of the molecule is O=C(c1cccc(C(F)(F)F)c1F)C(Cl)c1ccccc1. The summed E-state index contributed by atoms with van der Waals surface area (Å²) < 4.78 is 51.8. The van der Waals surface area contributed by atoms with Crippen molar-refractivity contribution < 1.29 is 22.4 Å². The van der Waals surface area contributed by atoms with Gasteiger partial charge < -0.3 is 0 Å². The molecule has 0 aliphatic heterocycles. The molecule has 0 aromatic heterocycles. The van der Waals surface area contributed by atoms with Crippen molar-refractivity contribution in [2.45, 2.75) is 11.6 Å². The van der Waals surface area contributed by atoms with Crippen molar-refractivity contribution in [3.05, 3.63) is 71.0 Å². The minimum atomic E-state index is -4.87. The number of hydrogen-bond acceptors (Lipinski definition) is 1. The monoisotopic (exact) mass is 316 g/mol. The molecule has 2 aromatic rings. The molecule has 6 heteroatoms. The van der Waals surface area contributed by atoms with E-state index in [0.29, 0.717) is 11.6 Å². The molecule has 0 saturated heterocycles. The maximum atomic E-state index is 13.9. The highest BCUT2D eigenvalue weighted by Gasteiger charge is 2.36. The number of ketones is 1. The minimum Gasteiger partial charge on any atom is -0.292 e.